The molecular formula is C22H32N4O2. The highest BCUT2D eigenvalue weighted by Crippen LogP contribution is 2.22. The van der Waals surface area contributed by atoms with Crippen LogP contribution in [0.1, 0.15) is 74.0 Å². The Morgan fingerprint density at radius 2 is 1.96 bits per heavy atom. The molecule has 2 heterocycles. The van der Waals surface area contributed by atoms with E-state index in [9.17, 15) is 9.59 Å². The first-order chi connectivity index (χ1) is 13.6. The number of carbonyl (C=O) groups excluding carboxylic acids is 2. The molecule has 0 unspecified atom stereocenters. The number of nitrogens with zero attached hydrogens (tertiary/aromatic N) is 3. The van der Waals surface area contributed by atoms with E-state index in [1.807, 2.05) is 47.7 Å². The van der Waals surface area contributed by atoms with Crippen LogP contribution >= 0.6 is 0 Å². The summed E-state index contributed by atoms with van der Waals surface area (Å²) in [5, 5.41) is 2.99. The van der Waals surface area contributed by atoms with Crippen molar-refractivity contribution in [3.05, 3.63) is 35.8 Å². The predicted octanol–water partition coefficient (Wildman–Crippen LogP) is 3.72. The summed E-state index contributed by atoms with van der Waals surface area (Å²) in [6, 6.07) is 6.14. The minimum absolute atomic E-state index is 0.0932. The molecule has 1 N–H and O–H groups in total. The van der Waals surface area contributed by atoms with Crippen molar-refractivity contribution in [2.45, 2.75) is 70.8 Å². The van der Waals surface area contributed by atoms with E-state index in [0.717, 1.165) is 43.4 Å². The number of carbonyl (C=O) groups is 2. The van der Waals surface area contributed by atoms with Crippen LogP contribution in [0.2, 0.25) is 0 Å². The molecule has 2 aromatic rings. The number of amides is 2. The van der Waals surface area contributed by atoms with Gasteiger partial charge in [-0.15, -0.1) is 0 Å². The van der Waals surface area contributed by atoms with Crippen molar-refractivity contribution in [3.63, 3.8) is 0 Å². The third-order valence-corrected chi connectivity index (χ3v) is 5.79. The molecular weight excluding hydrogens is 352 g/mol. The van der Waals surface area contributed by atoms with Crippen molar-refractivity contribution >= 4 is 17.5 Å². The third kappa shape index (κ3) is 4.91. The van der Waals surface area contributed by atoms with E-state index >= 15 is 0 Å². The molecule has 28 heavy (non-hydrogen) atoms. The summed E-state index contributed by atoms with van der Waals surface area (Å²) < 4.78 is 1.82. The number of aryl methyl sites for hydroxylation is 1. The zero-order valence-corrected chi connectivity index (χ0v) is 17.1. The summed E-state index contributed by atoms with van der Waals surface area (Å²) in [4.78, 5) is 31.3. The highest BCUT2D eigenvalue weighted by atomic mass is 16.2. The highest BCUT2D eigenvalue weighted by Gasteiger charge is 2.21. The molecule has 1 fully saturated rings. The maximum atomic E-state index is 12.5. The van der Waals surface area contributed by atoms with Crippen LogP contribution in [0.4, 0.5) is 0 Å². The minimum atomic E-state index is -0.0932. The van der Waals surface area contributed by atoms with Gasteiger partial charge in [-0.1, -0.05) is 31.7 Å². The molecule has 0 bridgehead atoms. The maximum Gasteiger partial charge on any atom is 0.270 e. The van der Waals surface area contributed by atoms with Crippen LogP contribution in [-0.4, -0.2) is 45.7 Å². The summed E-state index contributed by atoms with van der Waals surface area (Å²) in [6.45, 7) is 2.47. The van der Waals surface area contributed by atoms with Crippen LogP contribution in [0.25, 0.3) is 5.65 Å². The van der Waals surface area contributed by atoms with Crippen LogP contribution in [0.3, 0.4) is 0 Å². The second kappa shape index (κ2) is 9.71. The van der Waals surface area contributed by atoms with E-state index in [0.29, 0.717) is 24.7 Å². The van der Waals surface area contributed by atoms with E-state index in [-0.39, 0.29) is 11.8 Å². The lowest BCUT2D eigenvalue weighted by atomic mass is 9.94. The van der Waals surface area contributed by atoms with Crippen LogP contribution in [0.5, 0.6) is 0 Å². The van der Waals surface area contributed by atoms with Crippen LogP contribution in [0, 0.1) is 6.92 Å². The number of nitrogens with one attached hydrogen (secondary N) is 1. The lowest BCUT2D eigenvalue weighted by Gasteiger charge is -2.31. The second-order valence-corrected chi connectivity index (χ2v) is 7.84. The van der Waals surface area contributed by atoms with Gasteiger partial charge in [0.05, 0.1) is 5.69 Å². The molecule has 0 radical (unpaired) electrons. The molecule has 0 aromatic carbocycles. The molecule has 6 nitrogen and oxygen atoms in total. The van der Waals surface area contributed by atoms with Crippen LogP contribution in [-0.2, 0) is 4.79 Å². The first-order valence-corrected chi connectivity index (χ1v) is 10.6. The molecule has 6 heteroatoms. The second-order valence-electron chi connectivity index (χ2n) is 7.84. The summed E-state index contributed by atoms with van der Waals surface area (Å²) in [5.74, 6) is 0.168. The number of pyridine rings is 1. The summed E-state index contributed by atoms with van der Waals surface area (Å²) >= 11 is 0. The fourth-order valence-electron chi connectivity index (χ4n) is 4.10. The highest BCUT2D eigenvalue weighted by molar-refractivity contribution is 5.94. The molecule has 1 saturated carbocycles. The van der Waals surface area contributed by atoms with Crippen molar-refractivity contribution in [2.24, 2.45) is 0 Å². The van der Waals surface area contributed by atoms with Gasteiger partial charge in [0.15, 0.2) is 0 Å². The molecule has 152 valence electrons. The van der Waals surface area contributed by atoms with Gasteiger partial charge in [0.1, 0.15) is 11.3 Å². The zero-order chi connectivity index (χ0) is 19.9. The molecule has 1 aliphatic rings. The molecule has 1 aliphatic carbocycles. The largest absolute Gasteiger partial charge is 0.351 e. The molecule has 2 aromatic heterocycles. The topological polar surface area (TPSA) is 66.7 Å². The van der Waals surface area contributed by atoms with Crippen molar-refractivity contribution in [1.82, 2.24) is 19.6 Å². The van der Waals surface area contributed by atoms with Gasteiger partial charge >= 0.3 is 0 Å². The molecule has 3 rings (SSSR count). The standard InChI is InChI=1S/C22H32N4O2/c1-17-21(26-16-10-8-13-19(26)24-17)22(28)23-15-9-4-7-14-20(27)25(2)18-11-5-3-6-12-18/h8,10,13,16,18H,3-7,9,11-12,14-15H2,1-2H3,(H,23,28). The number of hydrogen-bond donors (Lipinski definition) is 1. The average Bonchev–Trinajstić information content (AvgIpc) is 3.06. The fraction of sp³-hybridized carbons (Fsp3) is 0.591. The Balaban J connectivity index is 1.36. The normalized spacial score (nSPS) is 14.9. The smallest absolute Gasteiger partial charge is 0.270 e. The van der Waals surface area contributed by atoms with Gasteiger partial charge < -0.3 is 10.2 Å². The number of rotatable bonds is 8. The van der Waals surface area contributed by atoms with Crippen molar-refractivity contribution in [3.8, 4) is 0 Å². The molecule has 0 atom stereocenters. The van der Waals surface area contributed by atoms with E-state index in [2.05, 4.69) is 10.3 Å². The number of aromatic nitrogens is 2. The Morgan fingerprint density at radius 3 is 2.75 bits per heavy atom. The van der Waals surface area contributed by atoms with E-state index in [4.69, 9.17) is 0 Å². The Morgan fingerprint density at radius 1 is 1.18 bits per heavy atom. The van der Waals surface area contributed by atoms with Gasteiger partial charge in [-0.25, -0.2) is 4.98 Å². The monoisotopic (exact) mass is 384 g/mol. The summed E-state index contributed by atoms with van der Waals surface area (Å²) in [7, 11) is 1.96. The third-order valence-electron chi connectivity index (χ3n) is 5.79. The number of unbranched alkanes of at least 4 members (excludes halogenated alkanes) is 2. The molecule has 0 spiro atoms. The summed E-state index contributed by atoms with van der Waals surface area (Å²) in [6.07, 6.45) is 11.2. The van der Waals surface area contributed by atoms with Crippen molar-refractivity contribution in [2.75, 3.05) is 13.6 Å². The molecule has 2 amide bonds. The Kier molecular flexibility index (Phi) is 7.06. The van der Waals surface area contributed by atoms with Gasteiger partial charge in [-0.2, -0.15) is 0 Å². The van der Waals surface area contributed by atoms with Gasteiger partial charge in [0, 0.05) is 32.3 Å². The van der Waals surface area contributed by atoms with E-state index in [1.165, 1.54) is 19.3 Å². The molecule has 0 aliphatic heterocycles. The van der Waals surface area contributed by atoms with Crippen molar-refractivity contribution < 1.29 is 9.59 Å². The Labute approximate surface area is 167 Å². The lowest BCUT2D eigenvalue weighted by molar-refractivity contribution is -0.132. The fourth-order valence-corrected chi connectivity index (χ4v) is 4.10. The molecule has 0 saturated heterocycles. The van der Waals surface area contributed by atoms with E-state index in [1.54, 1.807) is 0 Å². The SMILES string of the molecule is Cc1nc2ccccn2c1C(=O)NCCCCCC(=O)N(C)C1CCCCC1. The summed E-state index contributed by atoms with van der Waals surface area (Å²) in [5.41, 5.74) is 2.12. The average molecular weight is 385 g/mol. The first kappa shape index (κ1) is 20.4. The quantitative estimate of drug-likeness (QED) is 0.705. The predicted molar refractivity (Wildman–Crippen MR) is 110 cm³/mol. The number of imidazole rings is 1. The lowest BCUT2D eigenvalue weighted by Crippen LogP contribution is -2.38. The van der Waals surface area contributed by atoms with Crippen LogP contribution < -0.4 is 5.32 Å². The van der Waals surface area contributed by atoms with Crippen LogP contribution in [0.15, 0.2) is 24.4 Å². The maximum absolute atomic E-state index is 12.5. The number of fused-ring (bicyclic) bond motifs is 1. The van der Waals surface area contributed by atoms with E-state index < -0.39 is 0 Å². The number of hydrogen-bond acceptors (Lipinski definition) is 3. The Hall–Kier alpha value is -2.37. The zero-order valence-electron chi connectivity index (χ0n) is 17.1. The minimum Gasteiger partial charge on any atom is -0.351 e. The van der Waals surface area contributed by atoms with Gasteiger partial charge in [0.25, 0.3) is 5.91 Å². The van der Waals surface area contributed by atoms with Gasteiger partial charge in [-0.3, -0.25) is 14.0 Å². The van der Waals surface area contributed by atoms with Crippen molar-refractivity contribution in [1.29, 1.82) is 0 Å². The Bertz CT molecular complexity index is 808. The first-order valence-electron chi connectivity index (χ1n) is 10.6. The van der Waals surface area contributed by atoms with Gasteiger partial charge in [0.2, 0.25) is 5.91 Å². The van der Waals surface area contributed by atoms with Gasteiger partial charge in [-0.05, 0) is 44.7 Å².